The molecule has 6 rings (SSSR count). The van der Waals surface area contributed by atoms with E-state index in [4.69, 9.17) is 13.6 Å². The van der Waals surface area contributed by atoms with Crippen molar-refractivity contribution in [3.63, 3.8) is 0 Å². The average Bonchev–Trinajstić information content (AvgIpc) is 3.49. The van der Waals surface area contributed by atoms with E-state index in [1.807, 2.05) is 24.5 Å². The number of anilines is 1. The lowest BCUT2D eigenvalue weighted by atomic mass is 9.70. The minimum absolute atomic E-state index is 0.0268. The summed E-state index contributed by atoms with van der Waals surface area (Å²) in [5, 5.41) is 5.38. The summed E-state index contributed by atoms with van der Waals surface area (Å²) in [5.41, 5.74) is 1.82. The van der Waals surface area contributed by atoms with Crippen LogP contribution < -0.4 is 15.7 Å². The fourth-order valence-corrected chi connectivity index (χ4v) is 12.0. The van der Waals surface area contributed by atoms with Gasteiger partial charge in [-0.1, -0.05) is 99.6 Å². The van der Waals surface area contributed by atoms with E-state index < -0.39 is 8.32 Å². The summed E-state index contributed by atoms with van der Waals surface area (Å²) in [6.45, 7) is 14.6. The van der Waals surface area contributed by atoms with Crippen molar-refractivity contribution in [2.24, 2.45) is 11.8 Å². The number of carbonyl (C=O) groups excluding carboxylic acids is 1. The van der Waals surface area contributed by atoms with Crippen LogP contribution in [-0.4, -0.2) is 51.7 Å². The summed E-state index contributed by atoms with van der Waals surface area (Å²) in [6.07, 6.45) is 4.21. The van der Waals surface area contributed by atoms with Gasteiger partial charge in [0.05, 0.1) is 12.9 Å². The summed E-state index contributed by atoms with van der Waals surface area (Å²) in [4.78, 5) is 26.7. The third kappa shape index (κ3) is 6.98. The van der Waals surface area contributed by atoms with Crippen LogP contribution in [0.25, 0.3) is 11.2 Å². The number of benzene rings is 3. The fraction of sp³-hybridized carbons (Fsp3) is 0.368. The highest BCUT2D eigenvalue weighted by atomic mass is 32.2. The minimum Gasteiger partial charge on any atom is -0.407 e. The molecule has 10 heteroatoms. The van der Waals surface area contributed by atoms with Crippen molar-refractivity contribution in [1.29, 1.82) is 0 Å². The third-order valence-corrected chi connectivity index (χ3v) is 14.9. The molecule has 0 spiro atoms. The summed E-state index contributed by atoms with van der Waals surface area (Å²) in [6, 6.07) is 30.8. The highest BCUT2D eigenvalue weighted by molar-refractivity contribution is 7.96. The van der Waals surface area contributed by atoms with Crippen molar-refractivity contribution in [2.45, 2.75) is 63.8 Å². The second-order valence-corrected chi connectivity index (χ2v) is 20.5. The average molecular weight is 680 g/mol. The molecule has 48 heavy (non-hydrogen) atoms. The topological polar surface area (TPSA) is 91.2 Å². The number of carbonyl (C=O) groups is 1. The molecule has 0 aliphatic heterocycles. The number of hydrogen-bond acceptors (Lipinski definition) is 7. The first-order valence-electron chi connectivity index (χ1n) is 16.6. The largest absolute Gasteiger partial charge is 0.407 e. The number of rotatable bonds is 11. The molecular weight excluding hydrogens is 635 g/mol. The first-order valence-corrected chi connectivity index (χ1v) is 19.2. The zero-order valence-electron chi connectivity index (χ0n) is 28.6. The van der Waals surface area contributed by atoms with Gasteiger partial charge in [-0.3, -0.25) is 4.79 Å². The fourth-order valence-electron chi connectivity index (χ4n) is 6.78. The van der Waals surface area contributed by atoms with E-state index in [1.54, 1.807) is 12.1 Å². The van der Waals surface area contributed by atoms with E-state index in [0.717, 1.165) is 6.42 Å². The number of imidazole rings is 1. The van der Waals surface area contributed by atoms with E-state index in [-0.39, 0.29) is 33.6 Å². The quantitative estimate of drug-likeness (QED) is 0.116. The lowest BCUT2D eigenvalue weighted by Crippen LogP contribution is -2.67. The monoisotopic (exact) mass is 679 g/mol. The Labute approximate surface area is 289 Å². The molecule has 2 aromatic heterocycles. The molecule has 1 aliphatic rings. The molecule has 1 N–H and O–H groups in total. The van der Waals surface area contributed by atoms with Crippen LogP contribution in [0.5, 0.6) is 0 Å². The van der Waals surface area contributed by atoms with E-state index in [1.165, 1.54) is 28.7 Å². The van der Waals surface area contributed by atoms with Gasteiger partial charge >= 0.3 is 0 Å². The molecule has 3 aromatic carbocycles. The molecule has 1 amide bonds. The molecule has 0 bridgehead atoms. The molecule has 250 valence electrons. The molecule has 1 saturated carbocycles. The van der Waals surface area contributed by atoms with Crippen molar-refractivity contribution in [3.8, 4) is 0 Å². The zero-order valence-corrected chi connectivity index (χ0v) is 30.4. The second kappa shape index (κ2) is 14.0. The van der Waals surface area contributed by atoms with Gasteiger partial charge in [-0.2, -0.15) is 0 Å². The van der Waals surface area contributed by atoms with Crippen LogP contribution >= 0.6 is 12.0 Å². The molecule has 8 nitrogen and oxygen atoms in total. The Kier molecular flexibility index (Phi) is 9.90. The predicted octanol–water partition coefficient (Wildman–Crippen LogP) is 7.30. The van der Waals surface area contributed by atoms with E-state index >= 15 is 0 Å². The molecule has 0 radical (unpaired) electrons. The van der Waals surface area contributed by atoms with Crippen molar-refractivity contribution < 1.29 is 13.4 Å². The maximum atomic E-state index is 13.0. The first kappa shape index (κ1) is 34.0. The van der Waals surface area contributed by atoms with Crippen molar-refractivity contribution >= 4 is 53.6 Å². The molecular formula is C38H45N5O3SSi. The van der Waals surface area contributed by atoms with E-state index in [2.05, 4.69) is 122 Å². The number of aromatic nitrogens is 4. The third-order valence-electron chi connectivity index (χ3n) is 9.13. The van der Waals surface area contributed by atoms with Gasteiger partial charge in [-0.15, -0.1) is 0 Å². The molecule has 5 aromatic rings. The smallest absolute Gasteiger partial charge is 0.261 e. The van der Waals surface area contributed by atoms with Gasteiger partial charge in [-0.25, -0.2) is 15.0 Å². The first-order chi connectivity index (χ1) is 23.0. The van der Waals surface area contributed by atoms with Crippen LogP contribution in [0.15, 0.2) is 104 Å². The summed E-state index contributed by atoms with van der Waals surface area (Å²) in [5.74, 6) is 0.607. The lowest BCUT2D eigenvalue weighted by Gasteiger charge is -2.49. The Morgan fingerprint density at radius 3 is 2.04 bits per heavy atom. The molecule has 0 unspecified atom stereocenters. The Morgan fingerprint density at radius 1 is 0.854 bits per heavy atom. The van der Waals surface area contributed by atoms with Crippen molar-refractivity contribution in [1.82, 2.24) is 19.5 Å². The Hall–Kier alpha value is -3.83. The SMILES string of the molecule is CC(C)(C)SOC[C@@H]1[C@@H](CO[Si](c2ccccc2)(c2ccccc2)C(C)(C)C)C[C@H]1n1cnc2c(NC(=O)c3ccccc3)ncnc21. The van der Waals surface area contributed by atoms with Gasteiger partial charge in [0.25, 0.3) is 14.2 Å². The number of nitrogens with one attached hydrogen (secondary N) is 1. The van der Waals surface area contributed by atoms with Crippen LogP contribution in [-0.2, 0) is 8.61 Å². The summed E-state index contributed by atoms with van der Waals surface area (Å²) < 4.78 is 15.8. The Morgan fingerprint density at radius 2 is 1.46 bits per heavy atom. The van der Waals surface area contributed by atoms with Crippen LogP contribution in [0.1, 0.15) is 64.4 Å². The maximum absolute atomic E-state index is 13.0. The Balaban J connectivity index is 1.29. The standard InChI is InChI=1S/C38H45N5O3SSi/c1-37(2,3)47-45-24-31-28(23-46-48(38(4,5)6,29-18-12-8-13-19-29)30-20-14-9-15-21-30)22-32(31)43-26-41-33-34(39-25-40-35(33)43)42-36(44)27-16-10-7-11-17-27/h7-21,25-26,28,31-32H,22-24H2,1-6H3,(H,39,40,42,44)/t28-,31-,32-/m1/s1. The Bertz CT molecular complexity index is 1780. The second-order valence-electron chi connectivity index (χ2n) is 14.5. The highest BCUT2D eigenvalue weighted by Gasteiger charge is 2.52. The van der Waals surface area contributed by atoms with Crippen molar-refractivity contribution in [2.75, 3.05) is 18.5 Å². The van der Waals surface area contributed by atoms with Gasteiger partial charge in [0.2, 0.25) is 0 Å². The number of nitrogens with zero attached hydrogens (tertiary/aromatic N) is 4. The van der Waals surface area contributed by atoms with Gasteiger partial charge in [-0.05, 0) is 72.7 Å². The summed E-state index contributed by atoms with van der Waals surface area (Å²) in [7, 11) is -2.69. The highest BCUT2D eigenvalue weighted by Crippen LogP contribution is 2.48. The van der Waals surface area contributed by atoms with E-state index in [9.17, 15) is 4.79 Å². The van der Waals surface area contributed by atoms with Crippen LogP contribution in [0.3, 0.4) is 0 Å². The van der Waals surface area contributed by atoms with Crippen molar-refractivity contribution in [3.05, 3.63) is 109 Å². The maximum Gasteiger partial charge on any atom is 0.261 e. The predicted molar refractivity (Wildman–Crippen MR) is 197 cm³/mol. The zero-order chi connectivity index (χ0) is 33.9. The van der Waals surface area contributed by atoms with Crippen LogP contribution in [0, 0.1) is 11.8 Å². The molecule has 0 saturated heterocycles. The number of fused-ring (bicyclic) bond motifs is 1. The minimum atomic E-state index is -2.69. The van der Waals surface area contributed by atoms with Gasteiger partial charge in [0.15, 0.2) is 17.0 Å². The van der Waals surface area contributed by atoms with E-state index in [0.29, 0.717) is 35.8 Å². The van der Waals surface area contributed by atoms with Gasteiger partial charge in [0, 0.05) is 28.9 Å². The van der Waals surface area contributed by atoms with Crippen LogP contribution in [0.4, 0.5) is 5.82 Å². The van der Waals surface area contributed by atoms with Crippen LogP contribution in [0.2, 0.25) is 5.04 Å². The number of hydrogen-bond donors (Lipinski definition) is 1. The van der Waals surface area contributed by atoms with Gasteiger partial charge in [0.1, 0.15) is 6.33 Å². The lowest BCUT2D eigenvalue weighted by molar-refractivity contribution is 0.0100. The summed E-state index contributed by atoms with van der Waals surface area (Å²) >= 11 is 1.51. The molecule has 1 aliphatic carbocycles. The molecule has 2 heterocycles. The number of amides is 1. The molecule has 3 atom stereocenters. The van der Waals surface area contributed by atoms with Gasteiger partial charge < -0.3 is 18.5 Å². The normalized spacial score (nSPS) is 18.4. The molecule has 1 fully saturated rings.